The van der Waals surface area contributed by atoms with Crippen LogP contribution in [0.3, 0.4) is 0 Å². The SMILES string of the molecule is CC(CO)c1ccc(F)c(S(C)(=O)=O)c1. The van der Waals surface area contributed by atoms with Gasteiger partial charge in [-0.3, -0.25) is 0 Å². The molecule has 1 aromatic rings. The number of hydrogen-bond acceptors (Lipinski definition) is 3. The predicted molar refractivity (Wildman–Crippen MR) is 55.0 cm³/mol. The fourth-order valence-corrected chi connectivity index (χ4v) is 1.99. The van der Waals surface area contributed by atoms with Gasteiger partial charge in [0.25, 0.3) is 0 Å². The first kappa shape index (κ1) is 12.1. The van der Waals surface area contributed by atoms with Crippen molar-refractivity contribution in [2.24, 2.45) is 0 Å². The van der Waals surface area contributed by atoms with Gasteiger partial charge >= 0.3 is 0 Å². The van der Waals surface area contributed by atoms with Crippen LogP contribution in [0.5, 0.6) is 0 Å². The molecule has 0 aliphatic carbocycles. The molecule has 0 fully saturated rings. The van der Waals surface area contributed by atoms with Gasteiger partial charge in [-0.25, -0.2) is 12.8 Å². The molecule has 0 saturated heterocycles. The molecule has 0 bridgehead atoms. The Hall–Kier alpha value is -0.940. The molecule has 0 spiro atoms. The third-order valence-corrected chi connectivity index (χ3v) is 3.31. The maximum Gasteiger partial charge on any atom is 0.178 e. The molecule has 0 aromatic heterocycles. The van der Waals surface area contributed by atoms with Crippen LogP contribution >= 0.6 is 0 Å². The van der Waals surface area contributed by atoms with Gasteiger partial charge in [-0.1, -0.05) is 13.0 Å². The molecule has 1 N–H and O–H groups in total. The van der Waals surface area contributed by atoms with E-state index in [0.717, 1.165) is 12.3 Å². The number of aliphatic hydroxyl groups is 1. The molecule has 0 saturated carbocycles. The van der Waals surface area contributed by atoms with E-state index in [1.54, 1.807) is 6.92 Å². The highest BCUT2D eigenvalue weighted by Gasteiger charge is 2.15. The van der Waals surface area contributed by atoms with Gasteiger partial charge < -0.3 is 5.11 Å². The minimum absolute atomic E-state index is 0.102. The summed E-state index contributed by atoms with van der Waals surface area (Å²) in [6.45, 7) is 1.63. The van der Waals surface area contributed by atoms with Crippen molar-refractivity contribution in [2.75, 3.05) is 12.9 Å². The lowest BCUT2D eigenvalue weighted by molar-refractivity contribution is 0.273. The first-order valence-corrected chi connectivity index (χ1v) is 6.35. The number of halogens is 1. The van der Waals surface area contributed by atoms with Gasteiger partial charge in [0, 0.05) is 18.8 Å². The van der Waals surface area contributed by atoms with Crippen molar-refractivity contribution < 1.29 is 17.9 Å². The first-order valence-electron chi connectivity index (χ1n) is 4.46. The van der Waals surface area contributed by atoms with Crippen LogP contribution in [0.2, 0.25) is 0 Å². The van der Waals surface area contributed by atoms with Gasteiger partial charge in [0.2, 0.25) is 0 Å². The monoisotopic (exact) mass is 232 g/mol. The first-order chi connectivity index (χ1) is 6.86. The molecule has 84 valence electrons. The van der Waals surface area contributed by atoms with Crippen LogP contribution in [-0.4, -0.2) is 26.4 Å². The summed E-state index contributed by atoms with van der Waals surface area (Å²) >= 11 is 0. The summed E-state index contributed by atoms with van der Waals surface area (Å²) in [5.41, 5.74) is 0.610. The lowest BCUT2D eigenvalue weighted by Crippen LogP contribution is -2.05. The number of hydrogen-bond donors (Lipinski definition) is 1. The van der Waals surface area contributed by atoms with E-state index in [1.807, 2.05) is 0 Å². The second-order valence-corrected chi connectivity index (χ2v) is 5.53. The van der Waals surface area contributed by atoms with Gasteiger partial charge in [-0.05, 0) is 17.7 Å². The Morgan fingerprint density at radius 3 is 2.53 bits per heavy atom. The number of benzene rings is 1. The molecule has 15 heavy (non-hydrogen) atoms. The number of aliphatic hydroxyl groups excluding tert-OH is 1. The van der Waals surface area contributed by atoms with Crippen molar-refractivity contribution in [1.82, 2.24) is 0 Å². The fraction of sp³-hybridized carbons (Fsp3) is 0.400. The largest absolute Gasteiger partial charge is 0.396 e. The lowest BCUT2D eigenvalue weighted by Gasteiger charge is -2.10. The third-order valence-electron chi connectivity index (χ3n) is 2.20. The maximum atomic E-state index is 13.2. The lowest BCUT2D eigenvalue weighted by atomic mass is 10.0. The Balaban J connectivity index is 3.29. The van der Waals surface area contributed by atoms with Gasteiger partial charge in [0.15, 0.2) is 9.84 Å². The average Bonchev–Trinajstić information content (AvgIpc) is 2.15. The van der Waals surface area contributed by atoms with Crippen LogP contribution in [0.25, 0.3) is 0 Å². The molecule has 0 aliphatic heterocycles. The molecule has 0 aliphatic rings. The Labute approximate surface area is 88.5 Å². The van der Waals surface area contributed by atoms with Crippen LogP contribution in [0.15, 0.2) is 23.1 Å². The second-order valence-electron chi connectivity index (χ2n) is 3.55. The third kappa shape index (κ3) is 2.76. The Kier molecular flexibility index (Phi) is 3.46. The number of rotatable bonds is 3. The second kappa shape index (κ2) is 4.28. The van der Waals surface area contributed by atoms with Crippen molar-refractivity contribution >= 4 is 9.84 Å². The Morgan fingerprint density at radius 2 is 2.07 bits per heavy atom. The van der Waals surface area contributed by atoms with Crippen LogP contribution in [0, 0.1) is 5.82 Å². The summed E-state index contributed by atoms with van der Waals surface area (Å²) < 4.78 is 35.6. The van der Waals surface area contributed by atoms with Crippen molar-refractivity contribution in [3.05, 3.63) is 29.6 Å². The average molecular weight is 232 g/mol. The summed E-state index contributed by atoms with van der Waals surface area (Å²) in [5.74, 6) is -0.961. The van der Waals surface area contributed by atoms with Crippen molar-refractivity contribution in [3.8, 4) is 0 Å². The van der Waals surface area contributed by atoms with E-state index in [9.17, 15) is 12.8 Å². The molecule has 0 amide bonds. The Bertz CT molecular complexity index is 454. The van der Waals surface area contributed by atoms with E-state index in [2.05, 4.69) is 0 Å². The zero-order chi connectivity index (χ0) is 11.6. The molecule has 1 unspecified atom stereocenters. The van der Waals surface area contributed by atoms with Gasteiger partial charge in [-0.2, -0.15) is 0 Å². The molecule has 3 nitrogen and oxygen atoms in total. The predicted octanol–water partition coefficient (Wildman–Crippen LogP) is 1.33. The van der Waals surface area contributed by atoms with E-state index in [1.165, 1.54) is 12.1 Å². The van der Waals surface area contributed by atoms with Crippen LogP contribution in [0.1, 0.15) is 18.4 Å². The highest BCUT2D eigenvalue weighted by Crippen LogP contribution is 2.21. The fourth-order valence-electron chi connectivity index (χ4n) is 1.22. The van der Waals surface area contributed by atoms with Gasteiger partial charge in [-0.15, -0.1) is 0 Å². The highest BCUT2D eigenvalue weighted by atomic mass is 32.2. The van der Waals surface area contributed by atoms with E-state index >= 15 is 0 Å². The molecule has 5 heteroatoms. The zero-order valence-corrected chi connectivity index (χ0v) is 9.38. The van der Waals surface area contributed by atoms with Crippen molar-refractivity contribution in [1.29, 1.82) is 0 Å². The van der Waals surface area contributed by atoms with Crippen molar-refractivity contribution in [2.45, 2.75) is 17.7 Å². The van der Waals surface area contributed by atoms with Crippen LogP contribution < -0.4 is 0 Å². The molecule has 0 radical (unpaired) electrons. The van der Waals surface area contributed by atoms with Crippen LogP contribution in [0.4, 0.5) is 4.39 Å². The quantitative estimate of drug-likeness (QED) is 0.855. The molecular formula is C10H13FO3S. The number of sulfone groups is 1. The standard InChI is InChI=1S/C10H13FO3S/c1-7(6-12)8-3-4-9(11)10(5-8)15(2,13)14/h3-5,7,12H,6H2,1-2H3. The van der Waals surface area contributed by atoms with E-state index in [-0.39, 0.29) is 17.4 Å². The van der Waals surface area contributed by atoms with Crippen LogP contribution in [-0.2, 0) is 9.84 Å². The molecular weight excluding hydrogens is 219 g/mol. The summed E-state index contributed by atoms with van der Waals surface area (Å²) in [4.78, 5) is -0.319. The molecule has 1 rings (SSSR count). The normalized spacial score (nSPS) is 13.9. The highest BCUT2D eigenvalue weighted by molar-refractivity contribution is 7.90. The van der Waals surface area contributed by atoms with E-state index in [0.29, 0.717) is 5.56 Å². The van der Waals surface area contributed by atoms with Crippen molar-refractivity contribution in [3.63, 3.8) is 0 Å². The Morgan fingerprint density at radius 1 is 1.47 bits per heavy atom. The smallest absolute Gasteiger partial charge is 0.178 e. The molecule has 0 heterocycles. The van der Waals surface area contributed by atoms with Gasteiger partial charge in [0.1, 0.15) is 10.7 Å². The van der Waals surface area contributed by atoms with E-state index in [4.69, 9.17) is 5.11 Å². The van der Waals surface area contributed by atoms with E-state index < -0.39 is 15.7 Å². The zero-order valence-electron chi connectivity index (χ0n) is 8.57. The molecule has 1 atom stereocenters. The van der Waals surface area contributed by atoms with Gasteiger partial charge in [0.05, 0.1) is 0 Å². The molecule has 1 aromatic carbocycles. The summed E-state index contributed by atoms with van der Waals surface area (Å²) in [5, 5.41) is 8.91. The topological polar surface area (TPSA) is 54.4 Å². The summed E-state index contributed by atoms with van der Waals surface area (Å²) in [6.07, 6.45) is 0.957. The summed E-state index contributed by atoms with van der Waals surface area (Å²) in [7, 11) is -3.55. The minimum atomic E-state index is -3.55. The minimum Gasteiger partial charge on any atom is -0.396 e. The maximum absolute atomic E-state index is 13.2. The summed E-state index contributed by atoms with van der Waals surface area (Å²) in [6, 6.07) is 3.86.